The molecule has 0 amide bonds. The quantitative estimate of drug-likeness (QED) is 0.909. The number of benzene rings is 1. The molecule has 0 saturated carbocycles. The van der Waals surface area contributed by atoms with Crippen LogP contribution in [0.25, 0.3) is 0 Å². The molecule has 0 aliphatic heterocycles. The van der Waals surface area contributed by atoms with Gasteiger partial charge in [0.25, 0.3) is 0 Å². The molecule has 6 heteroatoms. The maximum Gasteiger partial charge on any atom is 0.342 e. The van der Waals surface area contributed by atoms with Gasteiger partial charge in [0.05, 0.1) is 10.4 Å². The van der Waals surface area contributed by atoms with Crippen molar-refractivity contribution in [1.29, 1.82) is 0 Å². The first kappa shape index (κ1) is 11.5. The largest absolute Gasteiger partial charge is 0.487 e. The van der Waals surface area contributed by atoms with Crippen LogP contribution in [-0.2, 0) is 6.61 Å². The number of thiazole rings is 1. The number of hydrogen-bond donors (Lipinski definition) is 1. The average Bonchev–Trinajstić information content (AvgIpc) is 2.78. The Hall–Kier alpha value is -1.95. The van der Waals surface area contributed by atoms with Crippen molar-refractivity contribution < 1.29 is 19.0 Å². The lowest BCUT2D eigenvalue weighted by molar-refractivity contribution is 0.0686. The van der Waals surface area contributed by atoms with E-state index in [1.165, 1.54) is 23.5 Å². The second-order valence-electron chi connectivity index (χ2n) is 3.17. The highest BCUT2D eigenvalue weighted by Crippen LogP contribution is 2.23. The van der Waals surface area contributed by atoms with E-state index in [0.29, 0.717) is 0 Å². The molecule has 1 N–H and O–H groups in total. The van der Waals surface area contributed by atoms with E-state index < -0.39 is 17.3 Å². The summed E-state index contributed by atoms with van der Waals surface area (Å²) in [6.45, 7) is 0.175. The number of nitrogens with zero attached hydrogens (tertiary/aromatic N) is 1. The number of aromatic nitrogens is 1. The second kappa shape index (κ2) is 4.92. The Morgan fingerprint density at radius 3 is 3.00 bits per heavy atom. The molecule has 0 fully saturated rings. The number of rotatable bonds is 4. The summed E-state index contributed by atoms with van der Waals surface area (Å²) in [7, 11) is 0. The van der Waals surface area contributed by atoms with Gasteiger partial charge in [0.15, 0.2) is 0 Å². The molecule has 0 saturated heterocycles. The molecule has 0 unspecified atom stereocenters. The van der Waals surface area contributed by atoms with Gasteiger partial charge in [-0.05, 0) is 12.1 Å². The lowest BCUT2D eigenvalue weighted by Crippen LogP contribution is -2.05. The maximum absolute atomic E-state index is 13.3. The summed E-state index contributed by atoms with van der Waals surface area (Å²) >= 11 is 1.38. The van der Waals surface area contributed by atoms with Gasteiger partial charge in [-0.15, -0.1) is 11.3 Å². The minimum atomic E-state index is -1.34. The highest BCUT2D eigenvalue weighted by atomic mass is 32.1. The first-order valence-electron chi connectivity index (χ1n) is 4.70. The van der Waals surface area contributed by atoms with Crippen LogP contribution in [0.15, 0.2) is 29.9 Å². The van der Waals surface area contributed by atoms with Crippen LogP contribution in [0.1, 0.15) is 15.2 Å². The van der Waals surface area contributed by atoms with E-state index in [4.69, 9.17) is 9.84 Å². The average molecular weight is 253 g/mol. The zero-order valence-electron chi connectivity index (χ0n) is 8.59. The first-order valence-corrected chi connectivity index (χ1v) is 5.58. The molecule has 0 aliphatic carbocycles. The highest BCUT2D eigenvalue weighted by molar-refractivity contribution is 7.09. The fourth-order valence-electron chi connectivity index (χ4n) is 1.29. The van der Waals surface area contributed by atoms with Crippen molar-refractivity contribution in [2.75, 3.05) is 0 Å². The van der Waals surface area contributed by atoms with Crippen molar-refractivity contribution in [1.82, 2.24) is 4.98 Å². The van der Waals surface area contributed by atoms with Crippen molar-refractivity contribution in [2.45, 2.75) is 6.61 Å². The van der Waals surface area contributed by atoms with Crippen LogP contribution in [0.4, 0.5) is 4.39 Å². The Kier molecular flexibility index (Phi) is 3.34. The molecule has 17 heavy (non-hydrogen) atoms. The summed E-state index contributed by atoms with van der Waals surface area (Å²) in [5.74, 6) is -2.13. The zero-order chi connectivity index (χ0) is 12.3. The maximum atomic E-state index is 13.3. The molecule has 0 bridgehead atoms. The number of carboxylic acid groups (broad SMARTS) is 1. The number of ether oxygens (including phenoxy) is 1. The summed E-state index contributed by atoms with van der Waals surface area (Å²) in [5, 5.41) is 8.87. The van der Waals surface area contributed by atoms with Crippen LogP contribution >= 0.6 is 11.3 Å². The van der Waals surface area contributed by atoms with Gasteiger partial charge in [0.2, 0.25) is 0 Å². The summed E-state index contributed by atoms with van der Waals surface area (Å²) in [4.78, 5) is 15.6. The number of aromatic carboxylic acids is 1. The molecular formula is C11H8FNO3S. The number of carbonyl (C=O) groups is 1. The van der Waals surface area contributed by atoms with Crippen molar-refractivity contribution in [3.63, 3.8) is 0 Å². The topological polar surface area (TPSA) is 59.4 Å². The summed E-state index contributed by atoms with van der Waals surface area (Å²) in [5.41, 5.74) is 1.19. The Morgan fingerprint density at radius 1 is 1.53 bits per heavy atom. The second-order valence-corrected chi connectivity index (χ2v) is 4.15. The van der Waals surface area contributed by atoms with Gasteiger partial charge in [-0.25, -0.2) is 9.18 Å². The molecule has 0 radical (unpaired) electrons. The van der Waals surface area contributed by atoms with Crippen molar-refractivity contribution >= 4 is 17.3 Å². The summed E-state index contributed by atoms with van der Waals surface area (Å²) in [6, 6.07) is 3.92. The molecule has 1 aromatic heterocycles. The normalized spacial score (nSPS) is 10.2. The lowest BCUT2D eigenvalue weighted by Gasteiger charge is -2.08. The standard InChI is InChI=1S/C11H8FNO3S/c12-8-2-1-3-9(10(8)11(14)15)16-5-7-4-13-6-17-7/h1-4,6H,5H2,(H,14,15). The minimum absolute atomic E-state index is 0.0194. The number of halogens is 1. The van der Waals surface area contributed by atoms with Gasteiger partial charge >= 0.3 is 5.97 Å². The predicted molar refractivity (Wildman–Crippen MR) is 59.8 cm³/mol. The zero-order valence-corrected chi connectivity index (χ0v) is 9.41. The molecule has 0 spiro atoms. The molecule has 1 heterocycles. The molecule has 0 atom stereocenters. The van der Waals surface area contributed by atoms with Crippen molar-refractivity contribution in [2.24, 2.45) is 0 Å². The van der Waals surface area contributed by atoms with Gasteiger partial charge in [-0.1, -0.05) is 6.07 Å². The van der Waals surface area contributed by atoms with E-state index in [0.717, 1.165) is 10.9 Å². The molecule has 4 nitrogen and oxygen atoms in total. The Bertz CT molecular complexity index is 528. The first-order chi connectivity index (χ1) is 8.18. The predicted octanol–water partition coefficient (Wildman–Crippen LogP) is 2.56. The van der Waals surface area contributed by atoms with Crippen LogP contribution in [-0.4, -0.2) is 16.1 Å². The van der Waals surface area contributed by atoms with Crippen LogP contribution < -0.4 is 4.74 Å². The monoisotopic (exact) mass is 253 g/mol. The fourth-order valence-corrected chi connectivity index (χ4v) is 1.80. The SMILES string of the molecule is O=C(O)c1c(F)cccc1OCc1cncs1. The third-order valence-corrected chi connectivity index (χ3v) is 2.80. The van der Waals surface area contributed by atoms with Gasteiger partial charge in [0, 0.05) is 6.20 Å². The molecule has 2 aromatic rings. The third kappa shape index (κ3) is 2.59. The number of carboxylic acids is 1. The van der Waals surface area contributed by atoms with Crippen LogP contribution in [0.3, 0.4) is 0 Å². The van der Waals surface area contributed by atoms with E-state index in [-0.39, 0.29) is 12.4 Å². The van der Waals surface area contributed by atoms with Crippen molar-refractivity contribution in [3.05, 3.63) is 46.2 Å². The highest BCUT2D eigenvalue weighted by Gasteiger charge is 2.16. The van der Waals surface area contributed by atoms with Gasteiger partial charge in [-0.2, -0.15) is 0 Å². The van der Waals surface area contributed by atoms with Gasteiger partial charge in [-0.3, -0.25) is 4.98 Å². The van der Waals surface area contributed by atoms with E-state index in [2.05, 4.69) is 4.98 Å². The number of hydrogen-bond acceptors (Lipinski definition) is 4. The van der Waals surface area contributed by atoms with E-state index in [1.807, 2.05) is 0 Å². The molecule has 2 rings (SSSR count). The lowest BCUT2D eigenvalue weighted by atomic mass is 10.2. The van der Waals surface area contributed by atoms with Gasteiger partial charge in [0.1, 0.15) is 23.7 Å². The molecule has 88 valence electrons. The van der Waals surface area contributed by atoms with E-state index in [1.54, 1.807) is 11.7 Å². The Morgan fingerprint density at radius 2 is 2.35 bits per heavy atom. The van der Waals surface area contributed by atoms with E-state index >= 15 is 0 Å². The van der Waals surface area contributed by atoms with Crippen LogP contribution in [0, 0.1) is 5.82 Å². The third-order valence-electron chi connectivity index (χ3n) is 2.04. The smallest absolute Gasteiger partial charge is 0.342 e. The minimum Gasteiger partial charge on any atom is -0.487 e. The van der Waals surface area contributed by atoms with Gasteiger partial charge < -0.3 is 9.84 Å². The summed E-state index contributed by atoms with van der Waals surface area (Å²) < 4.78 is 18.6. The molecular weight excluding hydrogens is 245 g/mol. The molecule has 0 aliphatic rings. The van der Waals surface area contributed by atoms with Crippen LogP contribution in [0.2, 0.25) is 0 Å². The fraction of sp³-hybridized carbons (Fsp3) is 0.0909. The van der Waals surface area contributed by atoms with Crippen molar-refractivity contribution in [3.8, 4) is 5.75 Å². The summed E-state index contributed by atoms with van der Waals surface area (Å²) in [6.07, 6.45) is 1.62. The Balaban J connectivity index is 2.21. The van der Waals surface area contributed by atoms with Crippen LogP contribution in [0.5, 0.6) is 5.75 Å². The van der Waals surface area contributed by atoms with E-state index in [9.17, 15) is 9.18 Å². The Labute approximate surface area is 100 Å². The molecule has 1 aromatic carbocycles.